The second-order valence-electron chi connectivity index (χ2n) is 10.5. The molecule has 5 rings (SSSR count). The first-order chi connectivity index (χ1) is 18.7. The quantitative estimate of drug-likeness (QED) is 0.235. The number of aryl methyl sites for hydroxylation is 1. The number of Topliss-reactive ketones (excluding diaryl/α,β-unsaturated/α-hetero) is 2. The number of fused-ring (bicyclic) bond motifs is 3. The molecule has 12 nitrogen and oxygen atoms in total. The Hall–Kier alpha value is -4.49. The number of hydrogen-bond acceptors (Lipinski definition) is 9. The van der Waals surface area contributed by atoms with Crippen molar-refractivity contribution in [2.24, 2.45) is 24.6 Å². The number of aliphatic hydroxyl groups is 3. The van der Waals surface area contributed by atoms with E-state index in [9.17, 15) is 39.6 Å². The molecule has 0 saturated carbocycles. The van der Waals surface area contributed by atoms with Crippen LogP contribution < -0.4 is 11.1 Å². The summed E-state index contributed by atoms with van der Waals surface area (Å²) in [5.74, 6) is -10.0. The van der Waals surface area contributed by atoms with Gasteiger partial charge in [-0.15, -0.1) is 0 Å². The molecule has 4 atom stereocenters. The first-order valence-corrected chi connectivity index (χ1v) is 12.3. The molecule has 2 aromatic rings. The molecule has 1 heterocycles. The molecule has 210 valence electrons. The van der Waals surface area contributed by atoms with Gasteiger partial charge in [0.1, 0.15) is 28.6 Å². The zero-order valence-corrected chi connectivity index (χ0v) is 21.7. The summed E-state index contributed by atoms with van der Waals surface area (Å²) in [6.07, 6.45) is 1.23. The molecule has 0 unspecified atom stereocenters. The molecule has 40 heavy (non-hydrogen) atoms. The number of rotatable bonds is 4. The topological polar surface area (TPSA) is 195 Å². The van der Waals surface area contributed by atoms with Gasteiger partial charge in [-0.05, 0) is 45.0 Å². The second-order valence-corrected chi connectivity index (χ2v) is 10.5. The van der Waals surface area contributed by atoms with Gasteiger partial charge in [0, 0.05) is 36.4 Å². The monoisotopic (exact) mass is 554 g/mol. The summed E-state index contributed by atoms with van der Waals surface area (Å²) < 4.78 is 16.9. The lowest BCUT2D eigenvalue weighted by molar-refractivity contribution is -0.148. The Morgan fingerprint density at radius 1 is 1.23 bits per heavy atom. The summed E-state index contributed by atoms with van der Waals surface area (Å²) in [5.41, 5.74) is 0.236. The maximum atomic E-state index is 15.4. The van der Waals surface area contributed by atoms with E-state index in [1.165, 1.54) is 29.6 Å². The Morgan fingerprint density at radius 3 is 2.48 bits per heavy atom. The van der Waals surface area contributed by atoms with Crippen molar-refractivity contribution in [2.75, 3.05) is 19.4 Å². The van der Waals surface area contributed by atoms with Crippen LogP contribution >= 0.6 is 0 Å². The van der Waals surface area contributed by atoms with E-state index in [0.29, 0.717) is 0 Å². The minimum atomic E-state index is -2.81. The average molecular weight is 555 g/mol. The fourth-order valence-corrected chi connectivity index (χ4v) is 6.25. The third kappa shape index (κ3) is 3.58. The van der Waals surface area contributed by atoms with Crippen molar-refractivity contribution < 1.29 is 44.0 Å². The van der Waals surface area contributed by atoms with Crippen LogP contribution in [0.1, 0.15) is 32.8 Å². The van der Waals surface area contributed by atoms with Crippen LogP contribution in [0.4, 0.5) is 10.1 Å². The van der Waals surface area contributed by atoms with Crippen LogP contribution in [0.5, 0.6) is 5.75 Å². The number of likely N-dealkylation sites (N-methyl/N-ethyl adjacent to an activating group) is 1. The van der Waals surface area contributed by atoms with Gasteiger partial charge in [0.25, 0.3) is 11.8 Å². The number of carbonyl (C=O) groups excluding carboxylic acids is 4. The van der Waals surface area contributed by atoms with E-state index in [-0.39, 0.29) is 24.1 Å². The number of phenolic OH excluding ortho intramolecular Hbond substituents is 1. The Bertz CT molecular complexity index is 1590. The highest BCUT2D eigenvalue weighted by atomic mass is 19.1. The first-order valence-electron chi connectivity index (χ1n) is 12.3. The Labute approximate surface area is 226 Å². The largest absolute Gasteiger partial charge is 0.510 e. The minimum absolute atomic E-state index is 0.169. The molecule has 3 aliphatic rings. The third-order valence-electron chi connectivity index (χ3n) is 8.09. The Balaban J connectivity index is 1.64. The van der Waals surface area contributed by atoms with E-state index in [1.807, 2.05) is 0 Å². The van der Waals surface area contributed by atoms with Gasteiger partial charge in [0.15, 0.2) is 17.1 Å². The van der Waals surface area contributed by atoms with Crippen molar-refractivity contribution in [3.63, 3.8) is 0 Å². The molecular formula is C27H27FN4O8. The van der Waals surface area contributed by atoms with Crippen LogP contribution in [0.25, 0.3) is 0 Å². The number of nitrogens with zero attached hydrogens (tertiary/aromatic N) is 2. The number of hydrogen-bond donors (Lipinski definition) is 6. The maximum Gasteiger partial charge on any atom is 0.272 e. The maximum absolute atomic E-state index is 15.4. The third-order valence-corrected chi connectivity index (χ3v) is 8.09. The predicted molar refractivity (Wildman–Crippen MR) is 137 cm³/mol. The van der Waals surface area contributed by atoms with Crippen LogP contribution in [-0.2, 0) is 23.1 Å². The zero-order chi connectivity index (χ0) is 29.4. The first kappa shape index (κ1) is 27.1. The summed E-state index contributed by atoms with van der Waals surface area (Å²) in [5, 5.41) is 47.1. The SMILES string of the molecule is CN(C)[C@@H]1C(O)=C(C(N)=O)C(=O)[C@@]2(O)C(O)=C3C(=O)c4c(O)c(NC(=O)c5cccn5C)cc(F)c4C[C@H]3C[C@@H]12. The number of nitrogens with two attached hydrogens (primary N) is 1. The summed E-state index contributed by atoms with van der Waals surface area (Å²) in [4.78, 5) is 53.2. The molecule has 2 amide bonds. The molecule has 13 heteroatoms. The zero-order valence-electron chi connectivity index (χ0n) is 21.7. The lowest BCUT2D eigenvalue weighted by Crippen LogP contribution is -2.63. The fraction of sp³-hybridized carbons (Fsp3) is 0.333. The van der Waals surface area contributed by atoms with E-state index < -0.39 is 92.3 Å². The summed E-state index contributed by atoms with van der Waals surface area (Å²) in [7, 11) is 4.63. The molecule has 1 aromatic heterocycles. The van der Waals surface area contributed by atoms with E-state index in [0.717, 1.165) is 6.07 Å². The number of aromatic nitrogens is 1. The van der Waals surface area contributed by atoms with Crippen LogP contribution in [0.2, 0.25) is 0 Å². The summed E-state index contributed by atoms with van der Waals surface area (Å²) >= 11 is 0. The van der Waals surface area contributed by atoms with Crippen molar-refractivity contribution in [2.45, 2.75) is 24.5 Å². The van der Waals surface area contributed by atoms with Gasteiger partial charge >= 0.3 is 0 Å². The van der Waals surface area contributed by atoms with Crippen LogP contribution in [0, 0.1) is 17.7 Å². The molecule has 0 radical (unpaired) electrons. The fourth-order valence-electron chi connectivity index (χ4n) is 6.25. The molecule has 0 spiro atoms. The lowest BCUT2D eigenvalue weighted by atomic mass is 9.58. The smallest absolute Gasteiger partial charge is 0.272 e. The number of ketones is 2. The number of amides is 2. The van der Waals surface area contributed by atoms with Crippen molar-refractivity contribution in [1.29, 1.82) is 0 Å². The number of anilines is 1. The van der Waals surface area contributed by atoms with Crippen molar-refractivity contribution in [1.82, 2.24) is 9.47 Å². The van der Waals surface area contributed by atoms with E-state index in [1.54, 1.807) is 19.3 Å². The summed E-state index contributed by atoms with van der Waals surface area (Å²) in [6, 6.07) is 2.83. The molecule has 0 bridgehead atoms. The number of carbonyl (C=O) groups is 4. The van der Waals surface area contributed by atoms with E-state index in [2.05, 4.69) is 5.32 Å². The Kier molecular flexibility index (Phi) is 6.12. The van der Waals surface area contributed by atoms with Crippen LogP contribution in [0.3, 0.4) is 0 Å². The van der Waals surface area contributed by atoms with Crippen LogP contribution in [-0.4, -0.2) is 79.0 Å². The van der Waals surface area contributed by atoms with Gasteiger partial charge in [-0.3, -0.25) is 24.1 Å². The molecule has 0 aliphatic heterocycles. The van der Waals surface area contributed by atoms with E-state index >= 15 is 4.39 Å². The standard InChI is InChI=1S/C27H27FN4O8/c1-31(2)19-12-8-10-7-11-13(28)9-14(30-26(39)15-5-4-6-32(15)3)20(33)17(11)21(34)16(10)23(36)27(12,40)24(37)18(22(19)35)25(29)38/h4-6,9-10,12,19,33,35-36,40H,7-8H2,1-3H3,(H2,29,38)(H,30,39)/t10-,12-,19-,27-/m0/s1. The van der Waals surface area contributed by atoms with Crippen molar-refractivity contribution in [3.8, 4) is 5.75 Å². The highest BCUT2D eigenvalue weighted by Crippen LogP contribution is 2.53. The number of aromatic hydroxyl groups is 1. The highest BCUT2D eigenvalue weighted by molar-refractivity contribution is 6.25. The number of allylic oxidation sites excluding steroid dienone is 1. The van der Waals surface area contributed by atoms with Gasteiger partial charge in [-0.1, -0.05) is 0 Å². The molecule has 1 aromatic carbocycles. The number of aliphatic hydroxyl groups excluding tert-OH is 2. The highest BCUT2D eigenvalue weighted by Gasteiger charge is 2.63. The van der Waals surface area contributed by atoms with Gasteiger partial charge in [-0.25, -0.2) is 4.39 Å². The molecule has 0 fully saturated rings. The van der Waals surface area contributed by atoms with Crippen molar-refractivity contribution in [3.05, 3.63) is 69.7 Å². The Morgan fingerprint density at radius 2 is 1.90 bits per heavy atom. The number of nitrogens with one attached hydrogen (secondary N) is 1. The molecule has 7 N–H and O–H groups in total. The van der Waals surface area contributed by atoms with Crippen LogP contribution in [0.15, 0.2) is 47.1 Å². The normalized spacial score (nSPS) is 26.0. The summed E-state index contributed by atoms with van der Waals surface area (Å²) in [6.45, 7) is 0. The van der Waals surface area contributed by atoms with Crippen molar-refractivity contribution >= 4 is 29.1 Å². The van der Waals surface area contributed by atoms with Gasteiger partial charge in [0.05, 0.1) is 17.3 Å². The molecular weight excluding hydrogens is 527 g/mol. The number of primary amides is 1. The number of phenols is 1. The predicted octanol–water partition coefficient (Wildman–Crippen LogP) is 0.851. The minimum Gasteiger partial charge on any atom is -0.510 e. The van der Waals surface area contributed by atoms with E-state index in [4.69, 9.17) is 5.73 Å². The van der Waals surface area contributed by atoms with Gasteiger partial charge < -0.3 is 36.0 Å². The number of halogens is 1. The average Bonchev–Trinajstić information content (AvgIpc) is 3.30. The van der Waals surface area contributed by atoms with Gasteiger partial charge in [0.2, 0.25) is 5.78 Å². The van der Waals surface area contributed by atoms with Gasteiger partial charge in [-0.2, -0.15) is 0 Å². The molecule has 0 saturated heterocycles. The molecule has 3 aliphatic carbocycles. The lowest BCUT2D eigenvalue weighted by Gasteiger charge is -2.50. The second kappa shape index (κ2) is 9.03. The number of benzene rings is 1.